The number of carbonyl (C=O) groups is 2. The molecule has 0 aromatic heterocycles. The van der Waals surface area contributed by atoms with Crippen LogP contribution < -0.4 is 5.32 Å². The molecule has 5 atom stereocenters. The van der Waals surface area contributed by atoms with Gasteiger partial charge in [0.2, 0.25) is 11.8 Å². The maximum Gasteiger partial charge on any atom is 0.229 e. The highest BCUT2D eigenvalue weighted by molar-refractivity contribution is 5.85. The van der Waals surface area contributed by atoms with E-state index in [0.29, 0.717) is 38.9 Å². The highest BCUT2D eigenvalue weighted by atomic mass is 16.5. The fraction of sp³-hybridized carbons (Fsp3) is 0.444. The number of likely N-dealkylation sites (tertiary alicyclic amines) is 1. The molecule has 2 fully saturated rings. The molecule has 3 N–H and O–H groups in total. The van der Waals surface area contributed by atoms with Gasteiger partial charge in [0.05, 0.1) is 23.7 Å². The van der Waals surface area contributed by atoms with Crippen molar-refractivity contribution >= 4 is 11.8 Å². The fourth-order valence-corrected chi connectivity index (χ4v) is 7.43. The number of benzene rings is 3. The van der Waals surface area contributed by atoms with E-state index in [1.807, 2.05) is 77.7 Å². The maximum absolute atomic E-state index is 14.0. The lowest BCUT2D eigenvalue weighted by Gasteiger charge is -2.32. The summed E-state index contributed by atoms with van der Waals surface area (Å²) < 4.78 is 5.61. The van der Waals surface area contributed by atoms with Crippen LogP contribution in [0.4, 0.5) is 0 Å². The van der Waals surface area contributed by atoms with E-state index in [-0.39, 0.29) is 30.8 Å². The average Bonchev–Trinajstić information content (AvgIpc) is 3.46. The Hall–Kier alpha value is -3.52. The number of amides is 2. The summed E-state index contributed by atoms with van der Waals surface area (Å²) >= 11 is 0. The molecular formula is C36H42N2O5. The molecule has 3 aliphatic rings. The molecule has 0 radical (unpaired) electrons. The summed E-state index contributed by atoms with van der Waals surface area (Å²) in [5.74, 6) is -0.622. The van der Waals surface area contributed by atoms with Gasteiger partial charge in [0.25, 0.3) is 0 Å². The number of rotatable bonds is 10. The molecular weight excluding hydrogens is 540 g/mol. The summed E-state index contributed by atoms with van der Waals surface area (Å²) in [4.78, 5) is 29.7. The molecule has 0 saturated carbocycles. The molecule has 1 spiro atoms. The Morgan fingerprint density at radius 3 is 2.33 bits per heavy atom. The van der Waals surface area contributed by atoms with E-state index in [1.165, 1.54) is 5.56 Å². The Bertz CT molecular complexity index is 1390. The fourth-order valence-electron chi connectivity index (χ4n) is 7.43. The number of nitrogens with one attached hydrogen (secondary N) is 1. The van der Waals surface area contributed by atoms with Crippen molar-refractivity contribution in [3.8, 4) is 0 Å². The Balaban J connectivity index is 1.19. The largest absolute Gasteiger partial charge is 0.391 e. The first-order chi connectivity index (χ1) is 20.9. The molecule has 7 heteroatoms. The van der Waals surface area contributed by atoms with Crippen molar-refractivity contribution < 1.29 is 24.5 Å². The van der Waals surface area contributed by atoms with Crippen LogP contribution in [0.15, 0.2) is 84.9 Å². The van der Waals surface area contributed by atoms with E-state index in [4.69, 9.17) is 4.74 Å². The average molecular weight is 583 g/mol. The Morgan fingerprint density at radius 2 is 1.60 bits per heavy atom. The highest BCUT2D eigenvalue weighted by Gasteiger charge is 2.52. The van der Waals surface area contributed by atoms with Crippen LogP contribution in [0.5, 0.6) is 0 Å². The second-order valence-corrected chi connectivity index (χ2v) is 12.6. The van der Waals surface area contributed by atoms with Gasteiger partial charge >= 0.3 is 0 Å². The van der Waals surface area contributed by atoms with Crippen LogP contribution in [0.1, 0.15) is 54.0 Å². The smallest absolute Gasteiger partial charge is 0.229 e. The van der Waals surface area contributed by atoms with Crippen LogP contribution in [0, 0.1) is 11.3 Å². The van der Waals surface area contributed by atoms with E-state index in [0.717, 1.165) is 29.5 Å². The summed E-state index contributed by atoms with van der Waals surface area (Å²) in [6.45, 7) is 1.34. The van der Waals surface area contributed by atoms with E-state index in [1.54, 1.807) is 0 Å². The van der Waals surface area contributed by atoms with Crippen LogP contribution in [-0.2, 0) is 33.6 Å². The zero-order valence-electron chi connectivity index (χ0n) is 24.6. The molecule has 43 heavy (non-hydrogen) atoms. The number of fused-ring (bicyclic) bond motifs is 1. The zero-order valence-corrected chi connectivity index (χ0v) is 24.6. The lowest BCUT2D eigenvalue weighted by molar-refractivity contribution is -0.142. The molecule has 226 valence electrons. The van der Waals surface area contributed by atoms with Gasteiger partial charge in [0.1, 0.15) is 0 Å². The first kappa shape index (κ1) is 29.5. The van der Waals surface area contributed by atoms with Gasteiger partial charge in [0.15, 0.2) is 0 Å². The molecule has 5 unspecified atom stereocenters. The Labute approximate surface area is 253 Å². The molecule has 3 aromatic carbocycles. The van der Waals surface area contributed by atoms with Crippen LogP contribution in [0.3, 0.4) is 0 Å². The van der Waals surface area contributed by atoms with Crippen molar-refractivity contribution in [3.05, 3.63) is 107 Å². The summed E-state index contributed by atoms with van der Waals surface area (Å²) in [5, 5.41) is 25.4. The minimum Gasteiger partial charge on any atom is -0.391 e. The third kappa shape index (κ3) is 6.54. The van der Waals surface area contributed by atoms with Crippen LogP contribution in [-0.4, -0.2) is 64.9 Å². The third-order valence-corrected chi connectivity index (χ3v) is 9.71. The normalized spacial score (nSPS) is 24.1. The Kier molecular flexibility index (Phi) is 8.93. The van der Waals surface area contributed by atoms with Crippen molar-refractivity contribution in [2.45, 2.75) is 69.2 Å². The molecule has 2 aliphatic heterocycles. The van der Waals surface area contributed by atoms with Gasteiger partial charge < -0.3 is 25.2 Å². The zero-order chi connectivity index (χ0) is 29.8. The monoisotopic (exact) mass is 582 g/mol. The minimum absolute atomic E-state index is 0.0193. The van der Waals surface area contributed by atoms with Crippen LogP contribution in [0.2, 0.25) is 0 Å². The quantitative estimate of drug-likeness (QED) is 0.336. The molecule has 3 aromatic rings. The van der Waals surface area contributed by atoms with Crippen LogP contribution in [0.25, 0.3) is 0 Å². The standard InChI is InChI=1S/C36H42N2O5/c39-30(24-38-29(20-26-11-5-2-6-12-26)23-36(35(38)42)15-17-43-18-16-36)21-28(19-25-9-3-1-4-10-25)34(41)37-33-31-14-8-7-13-27(31)22-32(33)40/h1-14,28-30,32-33,39-40H,15-24H2,(H,37,41). The molecule has 0 bridgehead atoms. The van der Waals surface area contributed by atoms with E-state index in [2.05, 4.69) is 17.4 Å². The number of nitrogens with zero attached hydrogens (tertiary/aromatic N) is 1. The van der Waals surface area contributed by atoms with Crippen molar-refractivity contribution in [3.63, 3.8) is 0 Å². The van der Waals surface area contributed by atoms with Crippen LogP contribution >= 0.6 is 0 Å². The molecule has 2 heterocycles. The van der Waals surface area contributed by atoms with E-state index >= 15 is 0 Å². The van der Waals surface area contributed by atoms with Gasteiger partial charge in [-0.3, -0.25) is 9.59 Å². The van der Waals surface area contributed by atoms with Gasteiger partial charge in [-0.05, 0) is 60.8 Å². The van der Waals surface area contributed by atoms with Crippen molar-refractivity contribution in [2.24, 2.45) is 11.3 Å². The van der Waals surface area contributed by atoms with Crippen molar-refractivity contribution in [2.75, 3.05) is 19.8 Å². The SMILES string of the molecule is O=C(NC1c2ccccc2CC1O)C(Cc1ccccc1)CC(O)CN1C(=O)C2(CCOCC2)CC1Cc1ccccc1. The number of aliphatic hydroxyl groups is 2. The number of hydrogen-bond acceptors (Lipinski definition) is 5. The lowest BCUT2D eigenvalue weighted by atomic mass is 9.77. The molecule has 2 saturated heterocycles. The van der Waals surface area contributed by atoms with Crippen molar-refractivity contribution in [1.29, 1.82) is 0 Å². The molecule has 7 nitrogen and oxygen atoms in total. The number of ether oxygens (including phenoxy) is 1. The Morgan fingerprint density at radius 1 is 0.953 bits per heavy atom. The first-order valence-electron chi connectivity index (χ1n) is 15.6. The minimum atomic E-state index is -0.877. The van der Waals surface area contributed by atoms with Gasteiger partial charge in [0, 0.05) is 38.1 Å². The van der Waals surface area contributed by atoms with E-state index < -0.39 is 29.6 Å². The number of β-amino-alcohol motifs (C(OH)–C–C–N with tert-alkyl or cyclic N) is 1. The van der Waals surface area contributed by atoms with Crippen molar-refractivity contribution in [1.82, 2.24) is 10.2 Å². The second kappa shape index (κ2) is 13.0. The lowest BCUT2D eigenvalue weighted by Crippen LogP contribution is -2.45. The number of hydrogen-bond donors (Lipinski definition) is 3. The van der Waals surface area contributed by atoms with Gasteiger partial charge in [-0.1, -0.05) is 84.9 Å². The topological polar surface area (TPSA) is 99.1 Å². The third-order valence-electron chi connectivity index (χ3n) is 9.71. The number of carbonyl (C=O) groups excluding carboxylic acids is 2. The highest BCUT2D eigenvalue weighted by Crippen LogP contribution is 2.45. The van der Waals surface area contributed by atoms with Gasteiger partial charge in [-0.15, -0.1) is 0 Å². The summed E-state index contributed by atoms with van der Waals surface area (Å²) in [6, 6.07) is 27.3. The summed E-state index contributed by atoms with van der Waals surface area (Å²) in [7, 11) is 0. The maximum atomic E-state index is 14.0. The van der Waals surface area contributed by atoms with Gasteiger partial charge in [-0.2, -0.15) is 0 Å². The van der Waals surface area contributed by atoms with Gasteiger partial charge in [-0.25, -0.2) is 0 Å². The molecule has 1 aliphatic carbocycles. The molecule has 6 rings (SSSR count). The first-order valence-corrected chi connectivity index (χ1v) is 15.6. The summed E-state index contributed by atoms with van der Waals surface area (Å²) in [6.07, 6.45) is 2.48. The predicted molar refractivity (Wildman–Crippen MR) is 164 cm³/mol. The van der Waals surface area contributed by atoms with E-state index in [9.17, 15) is 19.8 Å². The summed E-state index contributed by atoms with van der Waals surface area (Å²) in [5.41, 5.74) is 3.71. The second-order valence-electron chi connectivity index (χ2n) is 12.6. The predicted octanol–water partition coefficient (Wildman–Crippen LogP) is 4.01. The number of aliphatic hydroxyl groups excluding tert-OH is 2. The molecule has 2 amide bonds.